The smallest absolute Gasteiger partial charge is 0.303 e. The van der Waals surface area contributed by atoms with Crippen molar-refractivity contribution in [1.29, 1.82) is 0 Å². The number of sulfone groups is 1. The minimum absolute atomic E-state index is 0.00527. The van der Waals surface area contributed by atoms with Gasteiger partial charge in [-0.2, -0.15) is 0 Å². The monoisotopic (exact) mass is 549 g/mol. The molecule has 0 fully saturated rings. The first kappa shape index (κ1) is 28.3. The molecule has 0 radical (unpaired) electrons. The molecule has 2 N–H and O–H groups in total. The molecule has 0 bridgehead atoms. The molecule has 0 amide bonds. The molecule has 1 heterocycles. The molecule has 3 aromatic carbocycles. The zero-order valence-electron chi connectivity index (χ0n) is 23.0. The zero-order valence-corrected chi connectivity index (χ0v) is 23.8. The summed E-state index contributed by atoms with van der Waals surface area (Å²) in [6.07, 6.45) is 1.80. The molecule has 8 nitrogen and oxygen atoms in total. The van der Waals surface area contributed by atoms with E-state index in [2.05, 4.69) is 44.8 Å². The number of fused-ring (bicyclic) bond motifs is 1. The molecule has 0 unspecified atom stereocenters. The minimum Gasteiger partial charge on any atom is -0.505 e. The zero-order chi connectivity index (χ0) is 28.6. The highest BCUT2D eigenvalue weighted by Gasteiger charge is 2.31. The lowest BCUT2D eigenvalue weighted by Crippen LogP contribution is -2.25. The standard InChI is InChI=1S/C30H35N3O5S/c1-29(2,3)19-30(4,5)23-16-20(10-9-13-27(34)35)17-26(28(23)36)33-31-24-15-14-22(18-25(24)32-33)39(37,38)21-11-7-6-8-12-21/h6-8,11-12,14-18,36H,9-10,13,19H2,1-5H3,(H,34,35). The highest BCUT2D eigenvalue weighted by Crippen LogP contribution is 2.43. The molecule has 4 rings (SSSR count). The number of phenols is 1. The first-order valence-electron chi connectivity index (χ1n) is 12.9. The maximum Gasteiger partial charge on any atom is 0.303 e. The van der Waals surface area contributed by atoms with Gasteiger partial charge in [-0.25, -0.2) is 8.42 Å². The van der Waals surface area contributed by atoms with Gasteiger partial charge in [0.1, 0.15) is 22.5 Å². The molecule has 206 valence electrons. The second-order valence-electron chi connectivity index (χ2n) is 11.8. The molecule has 0 aliphatic carbocycles. The number of aliphatic carboxylic acids is 1. The predicted molar refractivity (Wildman–Crippen MR) is 150 cm³/mol. The van der Waals surface area contributed by atoms with Gasteiger partial charge in [-0.3, -0.25) is 4.79 Å². The summed E-state index contributed by atoms with van der Waals surface area (Å²) in [5.41, 5.74) is 2.41. The van der Waals surface area contributed by atoms with Crippen LogP contribution >= 0.6 is 0 Å². The lowest BCUT2D eigenvalue weighted by atomic mass is 9.71. The van der Waals surface area contributed by atoms with E-state index in [-0.39, 0.29) is 27.4 Å². The molecule has 39 heavy (non-hydrogen) atoms. The molecule has 0 spiro atoms. The Labute approximate surface area is 229 Å². The highest BCUT2D eigenvalue weighted by molar-refractivity contribution is 7.91. The Hall–Kier alpha value is -3.72. The number of aromatic nitrogens is 3. The van der Waals surface area contributed by atoms with Crippen molar-refractivity contribution in [3.63, 3.8) is 0 Å². The lowest BCUT2D eigenvalue weighted by Gasteiger charge is -2.34. The number of nitrogens with zero attached hydrogens (tertiary/aromatic N) is 3. The van der Waals surface area contributed by atoms with E-state index in [9.17, 15) is 18.3 Å². The van der Waals surface area contributed by atoms with E-state index in [1.54, 1.807) is 42.5 Å². The Kier molecular flexibility index (Phi) is 7.58. The van der Waals surface area contributed by atoms with Crippen LogP contribution in [0.1, 0.15) is 65.0 Å². The van der Waals surface area contributed by atoms with Crippen molar-refractivity contribution >= 4 is 26.8 Å². The first-order chi connectivity index (χ1) is 18.2. The van der Waals surface area contributed by atoms with Crippen LogP contribution in [0.4, 0.5) is 0 Å². The average Bonchev–Trinajstić information content (AvgIpc) is 3.27. The van der Waals surface area contributed by atoms with Crippen LogP contribution in [0.15, 0.2) is 70.5 Å². The predicted octanol–water partition coefficient (Wildman–Crippen LogP) is 6.08. The van der Waals surface area contributed by atoms with Crippen molar-refractivity contribution in [3.8, 4) is 11.4 Å². The van der Waals surface area contributed by atoms with Crippen LogP contribution in [-0.4, -0.2) is 39.6 Å². The summed E-state index contributed by atoms with van der Waals surface area (Å²) in [7, 11) is -3.74. The van der Waals surface area contributed by atoms with E-state index in [0.717, 1.165) is 17.5 Å². The van der Waals surface area contributed by atoms with Crippen molar-refractivity contribution in [3.05, 3.63) is 71.8 Å². The molecule has 0 saturated heterocycles. The lowest BCUT2D eigenvalue weighted by molar-refractivity contribution is -0.137. The molecule has 4 aromatic rings. The van der Waals surface area contributed by atoms with Gasteiger partial charge in [-0.1, -0.05) is 58.9 Å². The van der Waals surface area contributed by atoms with Crippen LogP contribution in [0, 0.1) is 5.41 Å². The van der Waals surface area contributed by atoms with Gasteiger partial charge in [0, 0.05) is 12.0 Å². The van der Waals surface area contributed by atoms with E-state index in [0.29, 0.717) is 29.6 Å². The fourth-order valence-corrected chi connectivity index (χ4v) is 6.56. The van der Waals surface area contributed by atoms with Crippen molar-refractivity contribution in [2.45, 2.75) is 75.5 Å². The van der Waals surface area contributed by atoms with Crippen LogP contribution in [-0.2, 0) is 26.5 Å². The van der Waals surface area contributed by atoms with Gasteiger partial charge in [0.2, 0.25) is 9.84 Å². The van der Waals surface area contributed by atoms with Gasteiger partial charge in [0.25, 0.3) is 0 Å². The quantitative estimate of drug-likeness (QED) is 0.259. The van der Waals surface area contributed by atoms with Crippen molar-refractivity contribution in [1.82, 2.24) is 15.0 Å². The fraction of sp³-hybridized carbons (Fsp3) is 0.367. The van der Waals surface area contributed by atoms with E-state index in [1.807, 2.05) is 6.07 Å². The number of carbonyl (C=O) groups is 1. The Balaban J connectivity index is 1.81. The van der Waals surface area contributed by atoms with Crippen LogP contribution in [0.25, 0.3) is 16.7 Å². The van der Waals surface area contributed by atoms with E-state index in [4.69, 9.17) is 5.11 Å². The van der Waals surface area contributed by atoms with Gasteiger partial charge in [-0.15, -0.1) is 15.0 Å². The maximum absolute atomic E-state index is 13.1. The average molecular weight is 550 g/mol. The summed E-state index contributed by atoms with van der Waals surface area (Å²) in [5.74, 6) is -0.813. The summed E-state index contributed by atoms with van der Waals surface area (Å²) in [6, 6.07) is 16.5. The summed E-state index contributed by atoms with van der Waals surface area (Å²) in [4.78, 5) is 12.7. The fourth-order valence-electron chi connectivity index (χ4n) is 5.26. The third-order valence-electron chi connectivity index (χ3n) is 6.64. The number of aryl methyl sites for hydroxylation is 1. The van der Waals surface area contributed by atoms with Crippen LogP contribution in [0.5, 0.6) is 5.75 Å². The summed E-state index contributed by atoms with van der Waals surface area (Å²) < 4.78 is 26.3. The number of hydrogen-bond donors (Lipinski definition) is 2. The number of carboxylic acid groups (broad SMARTS) is 1. The van der Waals surface area contributed by atoms with Crippen molar-refractivity contribution in [2.24, 2.45) is 5.41 Å². The van der Waals surface area contributed by atoms with E-state index in [1.165, 1.54) is 16.9 Å². The number of aromatic hydroxyl groups is 1. The van der Waals surface area contributed by atoms with Gasteiger partial charge in [-0.05, 0) is 72.1 Å². The van der Waals surface area contributed by atoms with Crippen LogP contribution in [0.2, 0.25) is 0 Å². The van der Waals surface area contributed by atoms with Gasteiger partial charge >= 0.3 is 5.97 Å². The molecule has 0 aliphatic rings. The topological polar surface area (TPSA) is 122 Å². The Bertz CT molecular complexity index is 1620. The molecule has 0 aliphatic heterocycles. The van der Waals surface area contributed by atoms with Gasteiger partial charge < -0.3 is 10.2 Å². The maximum atomic E-state index is 13.1. The molecule has 9 heteroatoms. The van der Waals surface area contributed by atoms with Gasteiger partial charge in [0.05, 0.1) is 9.79 Å². The van der Waals surface area contributed by atoms with Gasteiger partial charge in [0.15, 0.2) is 0 Å². The summed E-state index contributed by atoms with van der Waals surface area (Å²) in [5, 5.41) is 29.7. The second-order valence-corrected chi connectivity index (χ2v) is 13.8. The Morgan fingerprint density at radius 1 is 0.897 bits per heavy atom. The summed E-state index contributed by atoms with van der Waals surface area (Å²) >= 11 is 0. The number of rotatable bonds is 9. The number of hydrogen-bond acceptors (Lipinski definition) is 6. The largest absolute Gasteiger partial charge is 0.505 e. The normalized spacial score (nSPS) is 12.6. The molecular weight excluding hydrogens is 514 g/mol. The Morgan fingerprint density at radius 2 is 1.56 bits per heavy atom. The summed E-state index contributed by atoms with van der Waals surface area (Å²) in [6.45, 7) is 10.6. The molecule has 0 saturated carbocycles. The number of benzene rings is 3. The Morgan fingerprint density at radius 3 is 2.21 bits per heavy atom. The number of phenolic OH excluding ortho intramolecular Hbond substituents is 1. The third kappa shape index (κ3) is 6.30. The molecule has 0 atom stereocenters. The second kappa shape index (κ2) is 10.4. The van der Waals surface area contributed by atoms with Crippen LogP contribution in [0.3, 0.4) is 0 Å². The van der Waals surface area contributed by atoms with Crippen molar-refractivity contribution in [2.75, 3.05) is 0 Å². The first-order valence-corrected chi connectivity index (χ1v) is 14.4. The van der Waals surface area contributed by atoms with Crippen LogP contribution < -0.4 is 0 Å². The van der Waals surface area contributed by atoms with E-state index < -0.39 is 21.2 Å². The van der Waals surface area contributed by atoms with E-state index >= 15 is 0 Å². The third-order valence-corrected chi connectivity index (χ3v) is 8.41. The molecule has 1 aromatic heterocycles. The number of carboxylic acids is 1. The highest BCUT2D eigenvalue weighted by atomic mass is 32.2. The minimum atomic E-state index is -3.74. The SMILES string of the molecule is CC(C)(C)CC(C)(C)c1cc(CCCC(=O)O)cc(-n2nc3ccc(S(=O)(=O)c4ccccc4)cc3n2)c1O. The van der Waals surface area contributed by atoms with Crippen molar-refractivity contribution < 1.29 is 23.4 Å². The molecular formula is C30H35N3O5S.